The molecule has 0 unspecified atom stereocenters. The van der Waals surface area contributed by atoms with Crippen LogP contribution in [0.1, 0.15) is 5.69 Å². The van der Waals surface area contributed by atoms with Gasteiger partial charge in [0.2, 0.25) is 0 Å². The number of carbonyl (C=O) groups is 2. The van der Waals surface area contributed by atoms with Crippen molar-refractivity contribution in [1.82, 2.24) is 9.78 Å². The number of carbonyl (C=O) groups excluding carboxylic acids is 2. The number of amides is 1. The Morgan fingerprint density at radius 3 is 2.60 bits per heavy atom. The Labute approximate surface area is 149 Å². The molecule has 0 bridgehead atoms. The van der Waals surface area contributed by atoms with Crippen LogP contribution in [-0.2, 0) is 27.0 Å². The monoisotopic (exact) mass is 395 g/mol. The van der Waals surface area contributed by atoms with Crippen LogP contribution in [0.2, 0.25) is 10.0 Å². The average molecular weight is 396 g/mol. The molecule has 0 radical (unpaired) electrons. The molecule has 0 aliphatic heterocycles. The van der Waals surface area contributed by atoms with Crippen LogP contribution in [0, 0.1) is 0 Å². The van der Waals surface area contributed by atoms with Gasteiger partial charge >= 0.3 is 12.1 Å². The Hall–Kier alpha value is -2.26. The lowest BCUT2D eigenvalue weighted by molar-refractivity contribution is -0.148. The zero-order valence-electron chi connectivity index (χ0n) is 12.3. The molecule has 0 atom stereocenters. The number of aromatic nitrogens is 2. The molecule has 1 amide bonds. The Balaban J connectivity index is 1.84. The number of halogens is 5. The van der Waals surface area contributed by atoms with Crippen LogP contribution in [0.25, 0.3) is 0 Å². The van der Waals surface area contributed by atoms with Crippen LogP contribution in [0.15, 0.2) is 30.5 Å². The minimum Gasteiger partial charge on any atom is -0.454 e. The largest absolute Gasteiger partial charge is 0.454 e. The molecule has 1 aromatic carbocycles. The van der Waals surface area contributed by atoms with Crippen molar-refractivity contribution in [3.63, 3.8) is 0 Å². The smallest absolute Gasteiger partial charge is 0.435 e. The number of hydrogen-bond acceptors (Lipinski definition) is 4. The Morgan fingerprint density at radius 2 is 1.96 bits per heavy atom. The molecular formula is C14H10Cl2F3N3O3. The summed E-state index contributed by atoms with van der Waals surface area (Å²) in [5.74, 6) is -1.61. The predicted octanol–water partition coefficient (Wildman–Crippen LogP) is 3.39. The maximum absolute atomic E-state index is 12.4. The summed E-state index contributed by atoms with van der Waals surface area (Å²) in [6, 6.07) is 5.31. The van der Waals surface area contributed by atoms with Gasteiger partial charge in [-0.15, -0.1) is 0 Å². The van der Waals surface area contributed by atoms with Crippen LogP contribution in [0.5, 0.6) is 0 Å². The number of ether oxygens (including phenoxy) is 1. The van der Waals surface area contributed by atoms with Gasteiger partial charge in [0.15, 0.2) is 12.3 Å². The number of esters is 1. The quantitative estimate of drug-likeness (QED) is 0.787. The Bertz CT molecular complexity index is 793. The topological polar surface area (TPSA) is 73.2 Å². The van der Waals surface area contributed by atoms with E-state index in [0.717, 1.165) is 16.9 Å². The van der Waals surface area contributed by atoms with E-state index in [1.165, 1.54) is 12.1 Å². The van der Waals surface area contributed by atoms with E-state index in [2.05, 4.69) is 15.2 Å². The fourth-order valence-electron chi connectivity index (χ4n) is 1.71. The highest BCUT2D eigenvalue weighted by atomic mass is 35.5. The van der Waals surface area contributed by atoms with Crippen LogP contribution < -0.4 is 5.32 Å². The third-order valence-corrected chi connectivity index (χ3v) is 3.63. The first-order chi connectivity index (χ1) is 11.7. The average Bonchev–Trinajstić information content (AvgIpc) is 2.98. The lowest BCUT2D eigenvalue weighted by Crippen LogP contribution is -2.23. The number of nitrogens with zero attached hydrogens (tertiary/aromatic N) is 2. The molecule has 2 aromatic rings. The van der Waals surface area contributed by atoms with Crippen molar-refractivity contribution in [2.24, 2.45) is 0 Å². The van der Waals surface area contributed by atoms with E-state index >= 15 is 0 Å². The van der Waals surface area contributed by atoms with Crippen molar-refractivity contribution in [3.05, 3.63) is 46.2 Å². The lowest BCUT2D eigenvalue weighted by atomic mass is 10.3. The molecule has 0 aliphatic rings. The maximum atomic E-state index is 12.4. The molecular weight excluding hydrogens is 386 g/mol. The van der Waals surface area contributed by atoms with Gasteiger partial charge in [0, 0.05) is 6.20 Å². The Morgan fingerprint density at radius 1 is 1.24 bits per heavy atom. The summed E-state index contributed by atoms with van der Waals surface area (Å²) >= 11 is 11.7. The lowest BCUT2D eigenvalue weighted by Gasteiger charge is -2.09. The van der Waals surface area contributed by atoms with E-state index in [1.807, 2.05) is 0 Å². The van der Waals surface area contributed by atoms with E-state index in [0.29, 0.717) is 0 Å². The molecule has 0 aliphatic carbocycles. The van der Waals surface area contributed by atoms with Crippen molar-refractivity contribution in [1.29, 1.82) is 0 Å². The van der Waals surface area contributed by atoms with Crippen molar-refractivity contribution in [3.8, 4) is 0 Å². The molecule has 0 spiro atoms. The summed E-state index contributed by atoms with van der Waals surface area (Å²) < 4.78 is 42.6. The van der Waals surface area contributed by atoms with E-state index < -0.39 is 36.9 Å². The maximum Gasteiger partial charge on any atom is 0.435 e. The van der Waals surface area contributed by atoms with Gasteiger partial charge in [-0.25, -0.2) is 0 Å². The molecule has 2 rings (SSSR count). The summed E-state index contributed by atoms with van der Waals surface area (Å²) in [6.45, 7) is -1.21. The second-order valence-corrected chi connectivity index (χ2v) is 5.49. The SMILES string of the molecule is O=C(COC(=O)Cn1ccc(C(F)(F)F)n1)Nc1cccc(Cl)c1Cl. The van der Waals surface area contributed by atoms with Crippen LogP contribution in [0.4, 0.5) is 18.9 Å². The first kappa shape index (κ1) is 19.1. The van der Waals surface area contributed by atoms with Gasteiger partial charge in [0.05, 0.1) is 15.7 Å². The fourth-order valence-corrected chi connectivity index (χ4v) is 2.06. The third-order valence-electron chi connectivity index (χ3n) is 2.81. The van der Waals surface area contributed by atoms with Crippen molar-refractivity contribution < 1.29 is 27.5 Å². The molecule has 1 N–H and O–H groups in total. The predicted molar refractivity (Wildman–Crippen MR) is 83.3 cm³/mol. The normalized spacial score (nSPS) is 11.2. The minimum atomic E-state index is -4.61. The van der Waals surface area contributed by atoms with Crippen molar-refractivity contribution in [2.75, 3.05) is 11.9 Å². The highest BCUT2D eigenvalue weighted by Gasteiger charge is 2.33. The van der Waals surface area contributed by atoms with E-state index in [-0.39, 0.29) is 15.7 Å². The van der Waals surface area contributed by atoms with Crippen LogP contribution in [0.3, 0.4) is 0 Å². The highest BCUT2D eigenvalue weighted by molar-refractivity contribution is 6.43. The van der Waals surface area contributed by atoms with Gasteiger partial charge in [-0.05, 0) is 18.2 Å². The number of nitrogens with one attached hydrogen (secondary N) is 1. The van der Waals surface area contributed by atoms with Crippen molar-refractivity contribution >= 4 is 40.8 Å². The van der Waals surface area contributed by atoms with Crippen molar-refractivity contribution in [2.45, 2.75) is 12.7 Å². The molecule has 11 heteroatoms. The molecule has 25 heavy (non-hydrogen) atoms. The molecule has 6 nitrogen and oxygen atoms in total. The number of hydrogen-bond donors (Lipinski definition) is 1. The molecule has 1 heterocycles. The van der Waals surface area contributed by atoms with Crippen LogP contribution in [-0.4, -0.2) is 28.3 Å². The van der Waals surface area contributed by atoms with Gasteiger partial charge in [0.1, 0.15) is 6.54 Å². The van der Waals surface area contributed by atoms with Gasteiger partial charge in [-0.1, -0.05) is 29.3 Å². The standard InChI is InChI=1S/C14H10Cl2F3N3O3/c15-8-2-1-3-9(13(8)16)20-11(23)7-25-12(24)6-22-5-4-10(21-22)14(17,18)19/h1-5H,6-7H2,(H,20,23). The summed E-state index contributed by atoms with van der Waals surface area (Å²) in [5, 5.41) is 5.94. The van der Waals surface area contributed by atoms with Gasteiger partial charge < -0.3 is 10.1 Å². The number of alkyl halides is 3. The summed E-state index contributed by atoms with van der Waals surface area (Å²) in [5.41, 5.74) is -0.897. The zero-order chi connectivity index (χ0) is 18.6. The summed E-state index contributed by atoms with van der Waals surface area (Å²) in [4.78, 5) is 23.3. The molecule has 0 fully saturated rings. The first-order valence-electron chi connectivity index (χ1n) is 6.67. The third kappa shape index (κ3) is 5.36. The summed E-state index contributed by atoms with van der Waals surface area (Å²) in [7, 11) is 0. The highest BCUT2D eigenvalue weighted by Crippen LogP contribution is 2.29. The van der Waals surface area contributed by atoms with Crippen LogP contribution >= 0.6 is 23.2 Å². The van der Waals surface area contributed by atoms with Gasteiger partial charge in [-0.2, -0.15) is 18.3 Å². The number of benzene rings is 1. The molecule has 1 aromatic heterocycles. The molecule has 134 valence electrons. The minimum absolute atomic E-state index is 0.125. The Kier molecular flexibility index (Phi) is 5.91. The fraction of sp³-hybridized carbons (Fsp3) is 0.214. The second kappa shape index (κ2) is 7.75. The summed E-state index contributed by atoms with van der Waals surface area (Å²) in [6.07, 6.45) is -3.62. The second-order valence-electron chi connectivity index (χ2n) is 4.71. The molecule has 0 saturated heterocycles. The van der Waals surface area contributed by atoms with Gasteiger partial charge in [-0.3, -0.25) is 14.3 Å². The number of rotatable bonds is 5. The first-order valence-corrected chi connectivity index (χ1v) is 7.42. The molecule has 0 saturated carbocycles. The van der Waals surface area contributed by atoms with Gasteiger partial charge in [0.25, 0.3) is 5.91 Å². The zero-order valence-corrected chi connectivity index (χ0v) is 13.8. The number of anilines is 1. The van der Waals surface area contributed by atoms with E-state index in [9.17, 15) is 22.8 Å². The van der Waals surface area contributed by atoms with E-state index in [1.54, 1.807) is 6.07 Å². The van der Waals surface area contributed by atoms with E-state index in [4.69, 9.17) is 23.2 Å².